The molecule has 0 fully saturated rings. The van der Waals surface area contributed by atoms with E-state index in [9.17, 15) is 18.0 Å². The van der Waals surface area contributed by atoms with Gasteiger partial charge < -0.3 is 10.6 Å². The van der Waals surface area contributed by atoms with Crippen molar-refractivity contribution >= 4 is 27.3 Å². The molecule has 0 radical (unpaired) electrons. The van der Waals surface area contributed by atoms with Gasteiger partial charge in [0, 0.05) is 17.8 Å². The minimum atomic E-state index is -3.68. The van der Waals surface area contributed by atoms with Gasteiger partial charge in [0.05, 0.1) is 5.75 Å². The zero-order valence-electron chi connectivity index (χ0n) is 17.1. The molecule has 2 N–H and O–H groups in total. The van der Waals surface area contributed by atoms with Gasteiger partial charge in [0.25, 0.3) is 5.91 Å². The number of sulfone groups is 1. The number of carbonyl (C=O) groups is 2. The Balaban J connectivity index is 1.96. The molecule has 0 atom stereocenters. The van der Waals surface area contributed by atoms with Gasteiger partial charge in [-0.2, -0.15) is 0 Å². The van der Waals surface area contributed by atoms with Gasteiger partial charge in [-0.1, -0.05) is 43.7 Å². The van der Waals surface area contributed by atoms with Crippen molar-refractivity contribution in [1.29, 1.82) is 0 Å². The van der Waals surface area contributed by atoms with Crippen molar-refractivity contribution < 1.29 is 18.0 Å². The predicted molar refractivity (Wildman–Crippen MR) is 116 cm³/mol. The number of anilines is 1. The van der Waals surface area contributed by atoms with E-state index >= 15 is 0 Å². The third-order valence-corrected chi connectivity index (χ3v) is 5.74. The molecular formula is C22H28N2O4S. The number of aryl methyl sites for hydroxylation is 1. The summed E-state index contributed by atoms with van der Waals surface area (Å²) in [6.07, 6.45) is 0.871. The van der Waals surface area contributed by atoms with Gasteiger partial charge in [0.1, 0.15) is 5.75 Å². The highest BCUT2D eigenvalue weighted by molar-refractivity contribution is 7.91. The molecule has 0 heterocycles. The smallest absolute Gasteiger partial charge is 0.251 e. The molecule has 2 aromatic carbocycles. The van der Waals surface area contributed by atoms with Crippen LogP contribution in [0.15, 0.2) is 48.5 Å². The van der Waals surface area contributed by atoms with Crippen LogP contribution in [0.25, 0.3) is 0 Å². The average Bonchev–Trinajstić information content (AvgIpc) is 2.62. The summed E-state index contributed by atoms with van der Waals surface area (Å²) in [6.45, 7) is 6.65. The number of rotatable bonds is 9. The van der Waals surface area contributed by atoms with Crippen molar-refractivity contribution in [3.8, 4) is 0 Å². The van der Waals surface area contributed by atoms with E-state index < -0.39 is 21.5 Å². The summed E-state index contributed by atoms with van der Waals surface area (Å²) in [4.78, 5) is 24.3. The van der Waals surface area contributed by atoms with Crippen LogP contribution < -0.4 is 10.6 Å². The van der Waals surface area contributed by atoms with E-state index in [1.54, 1.807) is 36.4 Å². The lowest BCUT2D eigenvalue weighted by Crippen LogP contribution is -2.26. The Hall–Kier alpha value is -2.67. The Morgan fingerprint density at radius 2 is 1.72 bits per heavy atom. The Kier molecular flexibility index (Phi) is 7.96. The number of nitrogens with one attached hydrogen (secondary N) is 2. The molecule has 6 nitrogen and oxygen atoms in total. The number of hydrogen-bond donors (Lipinski definition) is 2. The molecule has 7 heteroatoms. The Labute approximate surface area is 172 Å². The lowest BCUT2D eigenvalue weighted by molar-refractivity contribution is -0.113. The van der Waals surface area contributed by atoms with Crippen molar-refractivity contribution in [1.82, 2.24) is 5.32 Å². The first-order valence-electron chi connectivity index (χ1n) is 9.59. The number of carbonyl (C=O) groups excluding carboxylic acids is 2. The van der Waals surface area contributed by atoms with Gasteiger partial charge in [0.15, 0.2) is 9.84 Å². The SMILES string of the molecule is Cc1ccc(NC(=O)CS(=O)(=O)Cc2cccc(C(=O)NCCC(C)C)c2)cc1. The van der Waals surface area contributed by atoms with E-state index in [1.807, 2.05) is 19.1 Å². The van der Waals surface area contributed by atoms with E-state index in [2.05, 4.69) is 24.5 Å². The molecule has 156 valence electrons. The van der Waals surface area contributed by atoms with Gasteiger partial charge in [-0.05, 0) is 49.1 Å². The summed E-state index contributed by atoms with van der Waals surface area (Å²) in [5.74, 6) is -1.26. The van der Waals surface area contributed by atoms with E-state index in [0.717, 1.165) is 12.0 Å². The summed E-state index contributed by atoms with van der Waals surface area (Å²) < 4.78 is 24.8. The van der Waals surface area contributed by atoms with Gasteiger partial charge in [-0.15, -0.1) is 0 Å². The first kappa shape index (κ1) is 22.6. The third kappa shape index (κ3) is 8.07. The second-order valence-corrected chi connectivity index (χ2v) is 9.65. The van der Waals surface area contributed by atoms with Crippen molar-refractivity contribution in [2.45, 2.75) is 32.9 Å². The minimum Gasteiger partial charge on any atom is -0.352 e. The maximum atomic E-state index is 12.4. The first-order valence-corrected chi connectivity index (χ1v) is 11.4. The van der Waals surface area contributed by atoms with Crippen LogP contribution >= 0.6 is 0 Å². The minimum absolute atomic E-state index is 0.234. The summed E-state index contributed by atoms with van der Waals surface area (Å²) in [5, 5.41) is 5.42. The van der Waals surface area contributed by atoms with Gasteiger partial charge in [-0.25, -0.2) is 8.42 Å². The van der Waals surface area contributed by atoms with Crippen LogP contribution in [0.2, 0.25) is 0 Å². The van der Waals surface area contributed by atoms with E-state index in [-0.39, 0.29) is 11.7 Å². The van der Waals surface area contributed by atoms with E-state index in [0.29, 0.717) is 29.3 Å². The van der Waals surface area contributed by atoms with Crippen LogP contribution in [0.4, 0.5) is 5.69 Å². The quantitative estimate of drug-likeness (QED) is 0.656. The van der Waals surface area contributed by atoms with Crippen molar-refractivity contribution in [3.63, 3.8) is 0 Å². The van der Waals surface area contributed by atoms with Crippen molar-refractivity contribution in [2.24, 2.45) is 5.92 Å². The summed E-state index contributed by atoms with van der Waals surface area (Å²) in [7, 11) is -3.68. The number of hydrogen-bond acceptors (Lipinski definition) is 4. The van der Waals surface area contributed by atoms with Crippen LogP contribution in [-0.2, 0) is 20.4 Å². The fourth-order valence-corrected chi connectivity index (χ4v) is 3.98. The van der Waals surface area contributed by atoms with Crippen LogP contribution in [-0.4, -0.2) is 32.5 Å². The molecule has 0 saturated carbocycles. The van der Waals surface area contributed by atoms with Crippen molar-refractivity contribution in [2.75, 3.05) is 17.6 Å². The molecule has 29 heavy (non-hydrogen) atoms. The summed E-state index contributed by atoms with van der Waals surface area (Å²) >= 11 is 0. The Morgan fingerprint density at radius 1 is 1.03 bits per heavy atom. The normalized spacial score (nSPS) is 11.3. The van der Waals surface area contributed by atoms with Crippen LogP contribution in [0.5, 0.6) is 0 Å². The highest BCUT2D eigenvalue weighted by Crippen LogP contribution is 2.12. The highest BCUT2D eigenvalue weighted by Gasteiger charge is 2.18. The maximum absolute atomic E-state index is 12.4. The number of benzene rings is 2. The first-order chi connectivity index (χ1) is 13.6. The Bertz CT molecular complexity index is 951. The fraction of sp³-hybridized carbons (Fsp3) is 0.364. The van der Waals surface area contributed by atoms with Crippen LogP contribution in [0.3, 0.4) is 0 Å². The molecular weight excluding hydrogens is 388 g/mol. The monoisotopic (exact) mass is 416 g/mol. The van der Waals surface area contributed by atoms with Gasteiger partial charge in [-0.3, -0.25) is 9.59 Å². The summed E-state index contributed by atoms with van der Waals surface area (Å²) in [6, 6.07) is 13.6. The standard InChI is InChI=1S/C22H28N2O4S/c1-16(2)11-12-23-22(26)19-6-4-5-18(13-19)14-29(27,28)15-21(25)24-20-9-7-17(3)8-10-20/h4-10,13,16H,11-12,14-15H2,1-3H3,(H,23,26)(H,24,25). The third-order valence-electron chi connectivity index (χ3n) is 4.27. The zero-order chi connectivity index (χ0) is 21.4. The predicted octanol–water partition coefficient (Wildman–Crippen LogP) is 3.32. The molecule has 2 amide bonds. The molecule has 2 aromatic rings. The summed E-state index contributed by atoms with van der Waals surface area (Å²) in [5.41, 5.74) is 2.48. The molecule has 0 unspecified atom stereocenters. The van der Waals surface area contributed by atoms with Crippen LogP contribution in [0, 0.1) is 12.8 Å². The zero-order valence-corrected chi connectivity index (χ0v) is 17.9. The van der Waals surface area contributed by atoms with Crippen LogP contribution in [0.1, 0.15) is 41.8 Å². The second-order valence-electron chi connectivity index (χ2n) is 7.59. The molecule has 0 spiro atoms. The van der Waals surface area contributed by atoms with Crippen molar-refractivity contribution in [3.05, 3.63) is 65.2 Å². The lowest BCUT2D eigenvalue weighted by Gasteiger charge is -2.09. The molecule has 0 aliphatic rings. The molecule has 0 aromatic heterocycles. The molecule has 0 aliphatic carbocycles. The fourth-order valence-electron chi connectivity index (χ4n) is 2.72. The molecule has 0 aliphatic heterocycles. The second kappa shape index (κ2) is 10.2. The average molecular weight is 417 g/mol. The van der Waals surface area contributed by atoms with Gasteiger partial charge >= 0.3 is 0 Å². The molecule has 0 saturated heterocycles. The lowest BCUT2D eigenvalue weighted by atomic mass is 10.1. The van der Waals surface area contributed by atoms with E-state index in [1.165, 1.54) is 0 Å². The highest BCUT2D eigenvalue weighted by atomic mass is 32.2. The largest absolute Gasteiger partial charge is 0.352 e. The molecule has 0 bridgehead atoms. The van der Waals surface area contributed by atoms with Gasteiger partial charge in [0.2, 0.25) is 5.91 Å². The number of amides is 2. The van der Waals surface area contributed by atoms with E-state index in [4.69, 9.17) is 0 Å². The Morgan fingerprint density at radius 3 is 2.38 bits per heavy atom. The topological polar surface area (TPSA) is 92.3 Å². The maximum Gasteiger partial charge on any atom is 0.251 e. The molecule has 2 rings (SSSR count).